The van der Waals surface area contributed by atoms with Crippen molar-refractivity contribution in [2.75, 3.05) is 0 Å². The second-order valence-electron chi connectivity index (χ2n) is 1.53. The molecule has 0 aromatic carbocycles. The zero-order valence-electron chi connectivity index (χ0n) is 4.11. The van der Waals surface area contributed by atoms with Crippen LogP contribution in [-0.2, 0) is 15.2 Å². The molecule has 0 saturated carbocycles. The lowest BCUT2D eigenvalue weighted by molar-refractivity contribution is 0.254. The highest BCUT2D eigenvalue weighted by Crippen LogP contribution is 2.10. The zero-order valence-corrected chi connectivity index (χ0v) is 5.01. The maximum atomic E-state index is 9.78. The molecule has 0 aromatic rings. The summed E-state index contributed by atoms with van der Waals surface area (Å²) in [6.45, 7) is 0. The Bertz CT molecular complexity index is 162. The van der Waals surface area contributed by atoms with Gasteiger partial charge in [0.1, 0.15) is 0 Å². The Hall–Kier alpha value is -0.350. The summed E-state index contributed by atoms with van der Waals surface area (Å²) >= 11 is 0. The molecule has 0 fully saturated rings. The molecule has 4 heteroatoms. The molecule has 0 heterocycles. The van der Waals surface area contributed by atoms with Crippen LogP contribution in [0.2, 0.25) is 0 Å². The topological polar surface area (TPSA) is 43.4 Å². The minimum atomic E-state index is -2.65. The van der Waals surface area contributed by atoms with Crippen LogP contribution in [-0.4, -0.2) is 14.5 Å². The van der Waals surface area contributed by atoms with Crippen molar-refractivity contribution in [1.82, 2.24) is 0 Å². The van der Waals surface area contributed by atoms with Crippen molar-refractivity contribution < 1.29 is 12.6 Å². The molecule has 0 aliphatic heterocycles. The van der Waals surface area contributed by atoms with Crippen LogP contribution < -0.4 is 0 Å². The summed E-state index contributed by atoms with van der Waals surface area (Å²) in [5, 5.41) is 0. The van der Waals surface area contributed by atoms with Gasteiger partial charge in [0, 0.05) is 0 Å². The SMILES string of the molecule is O=[SH](=O)OC1C=CC1. The third kappa shape index (κ3) is 1.31. The third-order valence-corrected chi connectivity index (χ3v) is 1.38. The van der Waals surface area contributed by atoms with Crippen LogP contribution in [0.1, 0.15) is 6.42 Å². The van der Waals surface area contributed by atoms with E-state index in [0.29, 0.717) is 0 Å². The van der Waals surface area contributed by atoms with E-state index < -0.39 is 11.0 Å². The van der Waals surface area contributed by atoms with E-state index in [1.165, 1.54) is 0 Å². The van der Waals surface area contributed by atoms with Crippen molar-refractivity contribution in [2.24, 2.45) is 0 Å². The summed E-state index contributed by atoms with van der Waals surface area (Å²) in [5.41, 5.74) is 0. The van der Waals surface area contributed by atoms with E-state index in [9.17, 15) is 8.42 Å². The molecule has 8 heavy (non-hydrogen) atoms. The molecule has 0 N–H and O–H groups in total. The second kappa shape index (κ2) is 2.28. The molecule has 0 spiro atoms. The van der Waals surface area contributed by atoms with Crippen LogP contribution in [0.25, 0.3) is 0 Å². The predicted molar refractivity (Wildman–Crippen MR) is 28.9 cm³/mol. The van der Waals surface area contributed by atoms with E-state index >= 15 is 0 Å². The summed E-state index contributed by atoms with van der Waals surface area (Å²) < 4.78 is 23.9. The molecule has 1 atom stereocenters. The maximum absolute atomic E-state index is 9.78. The van der Waals surface area contributed by atoms with Crippen LogP contribution in [0.5, 0.6) is 0 Å². The summed E-state index contributed by atoms with van der Waals surface area (Å²) in [5.74, 6) is 0. The molecule has 0 saturated heterocycles. The molecule has 1 rings (SSSR count). The van der Waals surface area contributed by atoms with Gasteiger partial charge in [0.15, 0.2) is 0 Å². The number of rotatable bonds is 2. The Morgan fingerprint density at radius 2 is 2.25 bits per heavy atom. The zero-order chi connectivity index (χ0) is 5.98. The monoisotopic (exact) mass is 134 g/mol. The molecule has 3 nitrogen and oxygen atoms in total. The van der Waals surface area contributed by atoms with Crippen LogP contribution in [0.3, 0.4) is 0 Å². The standard InChI is InChI=1S/C4H6O3S/c5-8(6)7-4-2-1-3-4/h1-2,4,8H,3H2. The van der Waals surface area contributed by atoms with Crippen molar-refractivity contribution in [3.05, 3.63) is 12.2 Å². The lowest BCUT2D eigenvalue weighted by atomic mass is 10.1. The molecule has 1 aliphatic rings. The predicted octanol–water partition coefficient (Wildman–Crippen LogP) is -0.142. The van der Waals surface area contributed by atoms with Gasteiger partial charge in [0.25, 0.3) is 11.0 Å². The number of thiol groups is 1. The van der Waals surface area contributed by atoms with Gasteiger partial charge in [-0.3, -0.25) is 4.18 Å². The lowest BCUT2D eigenvalue weighted by Crippen LogP contribution is -2.13. The van der Waals surface area contributed by atoms with Gasteiger partial charge in [-0.2, -0.15) is 0 Å². The van der Waals surface area contributed by atoms with Crippen LogP contribution in [0.15, 0.2) is 12.2 Å². The lowest BCUT2D eigenvalue weighted by Gasteiger charge is -2.12. The van der Waals surface area contributed by atoms with Crippen molar-refractivity contribution in [3.8, 4) is 0 Å². The van der Waals surface area contributed by atoms with Crippen LogP contribution in [0.4, 0.5) is 0 Å². The van der Waals surface area contributed by atoms with Gasteiger partial charge in [-0.05, 0) is 6.42 Å². The molecule has 46 valence electrons. The molecule has 1 aliphatic carbocycles. The first-order valence-electron chi connectivity index (χ1n) is 2.27. The molecule has 0 radical (unpaired) electrons. The molecule has 1 unspecified atom stereocenters. The highest BCUT2D eigenvalue weighted by Gasteiger charge is 2.10. The fourth-order valence-corrected chi connectivity index (χ4v) is 0.813. The van der Waals surface area contributed by atoms with Crippen LogP contribution >= 0.6 is 0 Å². The van der Waals surface area contributed by atoms with E-state index in [4.69, 9.17) is 0 Å². The van der Waals surface area contributed by atoms with Crippen molar-refractivity contribution >= 4 is 11.0 Å². The molecular weight excluding hydrogens is 128 g/mol. The Morgan fingerprint density at radius 1 is 1.62 bits per heavy atom. The fourth-order valence-electron chi connectivity index (χ4n) is 0.436. The van der Waals surface area contributed by atoms with Crippen LogP contribution in [0, 0.1) is 0 Å². The molecule has 0 aromatic heterocycles. The molecular formula is C4H6O3S. The first-order chi connectivity index (χ1) is 3.79. The molecule has 0 bridgehead atoms. The van der Waals surface area contributed by atoms with E-state index in [2.05, 4.69) is 4.18 Å². The van der Waals surface area contributed by atoms with Crippen molar-refractivity contribution in [2.45, 2.75) is 12.5 Å². The van der Waals surface area contributed by atoms with E-state index in [0.717, 1.165) is 6.42 Å². The van der Waals surface area contributed by atoms with Gasteiger partial charge in [-0.25, -0.2) is 8.42 Å². The van der Waals surface area contributed by atoms with E-state index in [1.54, 1.807) is 6.08 Å². The van der Waals surface area contributed by atoms with Gasteiger partial charge in [0.05, 0.1) is 6.10 Å². The largest absolute Gasteiger partial charge is 0.264 e. The minimum absolute atomic E-state index is 0.170. The first-order valence-corrected chi connectivity index (χ1v) is 3.36. The van der Waals surface area contributed by atoms with Crippen molar-refractivity contribution in [3.63, 3.8) is 0 Å². The van der Waals surface area contributed by atoms with Gasteiger partial charge in [-0.15, -0.1) is 0 Å². The van der Waals surface area contributed by atoms with E-state index in [1.807, 2.05) is 6.08 Å². The summed E-state index contributed by atoms with van der Waals surface area (Å²) in [4.78, 5) is 0. The first kappa shape index (κ1) is 5.78. The average Bonchev–Trinajstić information content (AvgIpc) is 1.55. The van der Waals surface area contributed by atoms with Gasteiger partial charge in [-0.1, -0.05) is 12.2 Å². The summed E-state index contributed by atoms with van der Waals surface area (Å²) in [7, 11) is -2.65. The molecule has 0 amide bonds. The summed E-state index contributed by atoms with van der Waals surface area (Å²) in [6.07, 6.45) is 4.13. The Morgan fingerprint density at radius 3 is 2.38 bits per heavy atom. The normalized spacial score (nSPS) is 25.9. The third-order valence-electron chi connectivity index (χ3n) is 0.941. The van der Waals surface area contributed by atoms with Crippen molar-refractivity contribution in [1.29, 1.82) is 0 Å². The maximum Gasteiger partial charge on any atom is 0.257 e. The minimum Gasteiger partial charge on any atom is -0.264 e. The average molecular weight is 134 g/mol. The number of hydrogen-bond acceptors (Lipinski definition) is 3. The highest BCUT2D eigenvalue weighted by molar-refractivity contribution is 7.67. The summed E-state index contributed by atoms with van der Waals surface area (Å²) in [6, 6.07) is 0. The number of hydrogen-bond donors (Lipinski definition) is 1. The quantitative estimate of drug-likeness (QED) is 0.422. The van der Waals surface area contributed by atoms with Gasteiger partial charge >= 0.3 is 0 Å². The van der Waals surface area contributed by atoms with Gasteiger partial charge in [0.2, 0.25) is 0 Å². The highest BCUT2D eigenvalue weighted by atomic mass is 32.2. The Kier molecular flexibility index (Phi) is 1.65. The Labute approximate surface area is 49.1 Å². The van der Waals surface area contributed by atoms with E-state index in [-0.39, 0.29) is 6.10 Å². The fraction of sp³-hybridized carbons (Fsp3) is 0.500. The van der Waals surface area contributed by atoms with Gasteiger partial charge < -0.3 is 0 Å². The Balaban J connectivity index is 2.31. The smallest absolute Gasteiger partial charge is 0.257 e. The second-order valence-corrected chi connectivity index (χ2v) is 2.19.